The largest absolute Gasteiger partial charge is 0.367 e. The zero-order chi connectivity index (χ0) is 11.9. The molecule has 2 N–H and O–H groups in total. The summed E-state index contributed by atoms with van der Waals surface area (Å²) in [6, 6.07) is 0. The first-order valence-corrected chi connectivity index (χ1v) is 6.48. The standard InChI is InChI=1S/C12H28N2O2/c1-3-15-11-13-9-7-5-6-8-10-14-12-16-4-2/h13-14H,3-12H2,1-2H3. The van der Waals surface area contributed by atoms with Crippen molar-refractivity contribution in [3.63, 3.8) is 0 Å². The number of hydrogen-bond acceptors (Lipinski definition) is 4. The van der Waals surface area contributed by atoms with Crippen molar-refractivity contribution in [1.82, 2.24) is 10.6 Å². The Hall–Kier alpha value is -0.160. The summed E-state index contributed by atoms with van der Waals surface area (Å²) in [7, 11) is 0. The normalized spacial score (nSPS) is 10.9. The van der Waals surface area contributed by atoms with Gasteiger partial charge in [0.25, 0.3) is 0 Å². The van der Waals surface area contributed by atoms with Crippen LogP contribution in [0.5, 0.6) is 0 Å². The summed E-state index contributed by atoms with van der Waals surface area (Å²) in [4.78, 5) is 0. The molecule has 0 rings (SSSR count). The van der Waals surface area contributed by atoms with Crippen molar-refractivity contribution in [2.45, 2.75) is 39.5 Å². The van der Waals surface area contributed by atoms with E-state index < -0.39 is 0 Å². The highest BCUT2D eigenvalue weighted by Gasteiger charge is 1.91. The summed E-state index contributed by atoms with van der Waals surface area (Å²) < 4.78 is 10.4. The molecule has 98 valence electrons. The molecule has 0 aliphatic rings. The van der Waals surface area contributed by atoms with Gasteiger partial charge < -0.3 is 9.47 Å². The average molecular weight is 232 g/mol. The van der Waals surface area contributed by atoms with E-state index in [-0.39, 0.29) is 0 Å². The van der Waals surface area contributed by atoms with Gasteiger partial charge in [-0.2, -0.15) is 0 Å². The van der Waals surface area contributed by atoms with Gasteiger partial charge in [-0.3, -0.25) is 10.6 Å². The van der Waals surface area contributed by atoms with Crippen LogP contribution in [0.1, 0.15) is 39.5 Å². The van der Waals surface area contributed by atoms with Crippen molar-refractivity contribution in [1.29, 1.82) is 0 Å². The molecule has 0 radical (unpaired) electrons. The quantitative estimate of drug-likeness (QED) is 0.375. The van der Waals surface area contributed by atoms with E-state index in [1.54, 1.807) is 0 Å². The van der Waals surface area contributed by atoms with Crippen LogP contribution in [0.25, 0.3) is 0 Å². The van der Waals surface area contributed by atoms with Gasteiger partial charge >= 0.3 is 0 Å². The number of ether oxygens (including phenoxy) is 2. The van der Waals surface area contributed by atoms with Gasteiger partial charge in [0.2, 0.25) is 0 Å². The summed E-state index contributed by atoms with van der Waals surface area (Å²) in [6.07, 6.45) is 5.04. The van der Waals surface area contributed by atoms with Crippen molar-refractivity contribution in [3.05, 3.63) is 0 Å². The maximum atomic E-state index is 5.18. The average Bonchev–Trinajstić information content (AvgIpc) is 2.31. The molecule has 0 aromatic rings. The second kappa shape index (κ2) is 14.8. The first kappa shape index (κ1) is 15.8. The molecule has 0 saturated carbocycles. The molecule has 0 aliphatic carbocycles. The summed E-state index contributed by atoms with van der Waals surface area (Å²) in [5, 5.41) is 6.49. The predicted molar refractivity (Wildman–Crippen MR) is 67.5 cm³/mol. The van der Waals surface area contributed by atoms with Crippen LogP contribution >= 0.6 is 0 Å². The van der Waals surface area contributed by atoms with E-state index in [1.165, 1.54) is 25.7 Å². The first-order chi connectivity index (χ1) is 7.91. The van der Waals surface area contributed by atoms with Gasteiger partial charge in [-0.1, -0.05) is 12.8 Å². The summed E-state index contributed by atoms with van der Waals surface area (Å²) in [5.74, 6) is 0. The van der Waals surface area contributed by atoms with Gasteiger partial charge in [0, 0.05) is 13.2 Å². The molecule has 0 amide bonds. The van der Waals surface area contributed by atoms with E-state index in [0.29, 0.717) is 13.5 Å². The molecular weight excluding hydrogens is 204 g/mol. The molecular formula is C12H28N2O2. The highest BCUT2D eigenvalue weighted by atomic mass is 16.5. The van der Waals surface area contributed by atoms with Gasteiger partial charge in [-0.05, 0) is 39.8 Å². The van der Waals surface area contributed by atoms with Crippen molar-refractivity contribution < 1.29 is 9.47 Å². The zero-order valence-corrected chi connectivity index (χ0v) is 10.9. The third kappa shape index (κ3) is 13.8. The van der Waals surface area contributed by atoms with Crippen LogP contribution in [0.15, 0.2) is 0 Å². The Bertz CT molecular complexity index is 110. The van der Waals surface area contributed by atoms with Crippen LogP contribution in [0.3, 0.4) is 0 Å². The van der Waals surface area contributed by atoms with Crippen LogP contribution < -0.4 is 10.6 Å². The predicted octanol–water partition coefficient (Wildman–Crippen LogP) is 1.71. The zero-order valence-electron chi connectivity index (χ0n) is 10.9. The van der Waals surface area contributed by atoms with Crippen molar-refractivity contribution in [3.8, 4) is 0 Å². The number of nitrogens with one attached hydrogen (secondary N) is 2. The fourth-order valence-corrected chi connectivity index (χ4v) is 1.35. The first-order valence-electron chi connectivity index (χ1n) is 6.48. The molecule has 0 heterocycles. The Morgan fingerprint density at radius 1 is 0.688 bits per heavy atom. The molecule has 0 spiro atoms. The third-order valence-electron chi connectivity index (χ3n) is 2.27. The van der Waals surface area contributed by atoms with Gasteiger partial charge in [0.05, 0.1) is 13.5 Å². The van der Waals surface area contributed by atoms with Crippen LogP contribution in [-0.4, -0.2) is 39.8 Å². The van der Waals surface area contributed by atoms with Gasteiger partial charge in [0.1, 0.15) is 0 Å². The lowest BCUT2D eigenvalue weighted by Crippen LogP contribution is -2.20. The molecule has 0 aliphatic heterocycles. The van der Waals surface area contributed by atoms with E-state index >= 15 is 0 Å². The molecule has 0 aromatic carbocycles. The Morgan fingerprint density at radius 3 is 1.50 bits per heavy atom. The number of rotatable bonds is 13. The fourth-order valence-electron chi connectivity index (χ4n) is 1.35. The topological polar surface area (TPSA) is 42.5 Å². The maximum absolute atomic E-state index is 5.18. The second-order valence-corrected chi connectivity index (χ2v) is 3.69. The monoisotopic (exact) mass is 232 g/mol. The Morgan fingerprint density at radius 2 is 1.12 bits per heavy atom. The van der Waals surface area contributed by atoms with Gasteiger partial charge in [-0.25, -0.2) is 0 Å². The van der Waals surface area contributed by atoms with E-state index in [9.17, 15) is 0 Å². The molecule has 0 atom stereocenters. The number of hydrogen-bond donors (Lipinski definition) is 2. The van der Waals surface area contributed by atoms with E-state index in [2.05, 4.69) is 10.6 Å². The lowest BCUT2D eigenvalue weighted by atomic mass is 10.2. The maximum Gasteiger partial charge on any atom is 0.0965 e. The minimum atomic E-state index is 0.687. The fraction of sp³-hybridized carbons (Fsp3) is 1.00. The molecule has 4 nitrogen and oxygen atoms in total. The Balaban J connectivity index is 2.83. The summed E-state index contributed by atoms with van der Waals surface area (Å²) in [5.41, 5.74) is 0. The summed E-state index contributed by atoms with van der Waals surface area (Å²) in [6.45, 7) is 9.10. The van der Waals surface area contributed by atoms with Crippen LogP contribution in [0, 0.1) is 0 Å². The van der Waals surface area contributed by atoms with E-state index in [4.69, 9.17) is 9.47 Å². The molecule has 0 fully saturated rings. The summed E-state index contributed by atoms with van der Waals surface area (Å²) >= 11 is 0. The van der Waals surface area contributed by atoms with E-state index in [0.717, 1.165) is 26.3 Å². The smallest absolute Gasteiger partial charge is 0.0965 e. The van der Waals surface area contributed by atoms with Crippen LogP contribution in [-0.2, 0) is 9.47 Å². The molecule has 0 unspecified atom stereocenters. The molecule has 4 heteroatoms. The lowest BCUT2D eigenvalue weighted by Gasteiger charge is -2.05. The van der Waals surface area contributed by atoms with E-state index in [1.807, 2.05) is 13.8 Å². The highest BCUT2D eigenvalue weighted by molar-refractivity contribution is 4.48. The number of unbranched alkanes of at least 4 members (excludes halogenated alkanes) is 3. The van der Waals surface area contributed by atoms with Gasteiger partial charge in [-0.15, -0.1) is 0 Å². The lowest BCUT2D eigenvalue weighted by molar-refractivity contribution is 0.127. The van der Waals surface area contributed by atoms with Crippen molar-refractivity contribution in [2.75, 3.05) is 39.8 Å². The molecule has 16 heavy (non-hydrogen) atoms. The Labute approximate surface area is 100 Å². The van der Waals surface area contributed by atoms with Crippen molar-refractivity contribution >= 4 is 0 Å². The van der Waals surface area contributed by atoms with Crippen LogP contribution in [0.2, 0.25) is 0 Å². The molecule has 0 saturated heterocycles. The minimum absolute atomic E-state index is 0.687. The highest BCUT2D eigenvalue weighted by Crippen LogP contribution is 1.97. The van der Waals surface area contributed by atoms with Crippen LogP contribution in [0.4, 0.5) is 0 Å². The van der Waals surface area contributed by atoms with Crippen molar-refractivity contribution in [2.24, 2.45) is 0 Å². The SMILES string of the molecule is CCOCNCCCCCCNCOCC. The van der Waals surface area contributed by atoms with Gasteiger partial charge in [0.15, 0.2) is 0 Å². The third-order valence-corrected chi connectivity index (χ3v) is 2.27. The molecule has 0 aromatic heterocycles. The Kier molecular flexibility index (Phi) is 14.7. The molecule has 0 bridgehead atoms. The second-order valence-electron chi connectivity index (χ2n) is 3.69. The minimum Gasteiger partial charge on any atom is -0.367 e.